The summed E-state index contributed by atoms with van der Waals surface area (Å²) in [5.74, 6) is 0.246. The number of para-hydroxylation sites is 1. The lowest BCUT2D eigenvalue weighted by Crippen LogP contribution is -2.26. The first-order valence-electron chi connectivity index (χ1n) is 6.78. The van der Waals surface area contributed by atoms with Crippen LogP contribution in [0.5, 0.6) is 5.75 Å². The number of aliphatic hydroxyl groups excluding tert-OH is 1. The quantitative estimate of drug-likeness (QED) is 0.491. The monoisotopic (exact) mass is 289 g/mol. The summed E-state index contributed by atoms with van der Waals surface area (Å²) in [5, 5.41) is 9.75. The molecule has 1 aromatic rings. The molecule has 0 saturated carbocycles. The highest BCUT2D eigenvalue weighted by Crippen LogP contribution is 2.32. The number of hydrogen-bond donors (Lipinski definition) is 1. The van der Waals surface area contributed by atoms with Gasteiger partial charge in [0.2, 0.25) is 6.29 Å². The summed E-state index contributed by atoms with van der Waals surface area (Å²) < 4.78 is 10.3. The van der Waals surface area contributed by atoms with Gasteiger partial charge in [0.05, 0.1) is 6.61 Å². The number of fused-ring (bicyclic) bond motifs is 1. The van der Waals surface area contributed by atoms with Crippen molar-refractivity contribution in [2.24, 2.45) is 0 Å². The van der Waals surface area contributed by atoms with E-state index in [1.165, 1.54) is 0 Å². The number of benzene rings is 1. The second-order valence-electron chi connectivity index (χ2n) is 4.70. The Balaban J connectivity index is 1.96. The fraction of sp³-hybridized carbons (Fsp3) is 0.312. The molecule has 0 amide bonds. The topological polar surface area (TPSA) is 59.0 Å². The second-order valence-corrected chi connectivity index (χ2v) is 4.70. The van der Waals surface area contributed by atoms with Gasteiger partial charge in [0.15, 0.2) is 0 Å². The molecule has 1 heterocycles. The largest absolute Gasteiger partial charge is 0.462 e. The Morgan fingerprint density at radius 2 is 2.29 bits per heavy atom. The molecule has 1 aromatic carbocycles. The maximum Gasteiger partial charge on any atom is 0.330 e. The minimum Gasteiger partial charge on any atom is -0.462 e. The minimum absolute atomic E-state index is 0.336. The number of carbonyl (C=O) groups is 1. The van der Waals surface area contributed by atoms with Crippen molar-refractivity contribution in [1.29, 1.82) is 0 Å². The van der Waals surface area contributed by atoms with Gasteiger partial charge in [-0.2, -0.15) is 0 Å². The van der Waals surface area contributed by atoms with E-state index in [-0.39, 0.29) is 0 Å². The van der Waals surface area contributed by atoms with Crippen molar-refractivity contribution in [3.8, 4) is 5.75 Å². The van der Waals surface area contributed by atoms with E-state index in [2.05, 4.69) is 6.58 Å². The lowest BCUT2D eigenvalue weighted by Gasteiger charge is -2.29. The van der Waals surface area contributed by atoms with Crippen LogP contribution in [0.15, 0.2) is 43.0 Å². The molecule has 112 valence electrons. The van der Waals surface area contributed by atoms with Crippen molar-refractivity contribution in [1.82, 2.24) is 4.90 Å². The maximum atomic E-state index is 10.9. The summed E-state index contributed by atoms with van der Waals surface area (Å²) in [7, 11) is 1.93. The van der Waals surface area contributed by atoms with Crippen molar-refractivity contribution in [3.05, 3.63) is 48.6 Å². The smallest absolute Gasteiger partial charge is 0.330 e. The highest BCUT2D eigenvalue weighted by Gasteiger charge is 2.20. The van der Waals surface area contributed by atoms with Crippen LogP contribution in [0.25, 0.3) is 5.70 Å². The van der Waals surface area contributed by atoms with E-state index in [4.69, 9.17) is 9.47 Å². The van der Waals surface area contributed by atoms with Crippen molar-refractivity contribution in [3.63, 3.8) is 0 Å². The van der Waals surface area contributed by atoms with E-state index < -0.39 is 12.3 Å². The number of carbonyl (C=O) groups excluding carboxylic acids is 1. The van der Waals surface area contributed by atoms with Crippen LogP contribution in [-0.2, 0) is 9.53 Å². The molecule has 0 saturated heterocycles. The number of ether oxygens (including phenoxy) is 2. The predicted molar refractivity (Wildman–Crippen MR) is 79.5 cm³/mol. The molecular formula is C16H19NO4. The fourth-order valence-electron chi connectivity index (χ4n) is 2.16. The van der Waals surface area contributed by atoms with Crippen LogP contribution < -0.4 is 4.74 Å². The SMILES string of the molecule is C=CC(=O)OCCCN(C)C1=CC(O)Oc2ccccc21. The number of hydrogen-bond acceptors (Lipinski definition) is 5. The molecule has 1 unspecified atom stereocenters. The first-order valence-corrected chi connectivity index (χ1v) is 6.78. The summed E-state index contributed by atoms with van der Waals surface area (Å²) in [6, 6.07) is 7.56. The van der Waals surface area contributed by atoms with Gasteiger partial charge in [-0.1, -0.05) is 18.7 Å². The van der Waals surface area contributed by atoms with Gasteiger partial charge in [-0.25, -0.2) is 4.79 Å². The first kappa shape index (κ1) is 15.1. The predicted octanol–water partition coefficient (Wildman–Crippen LogP) is 1.79. The third-order valence-corrected chi connectivity index (χ3v) is 3.17. The molecule has 0 fully saturated rings. The van der Waals surface area contributed by atoms with Crippen molar-refractivity contribution in [2.75, 3.05) is 20.2 Å². The zero-order chi connectivity index (χ0) is 15.2. The van der Waals surface area contributed by atoms with Gasteiger partial charge in [0.1, 0.15) is 5.75 Å². The van der Waals surface area contributed by atoms with E-state index >= 15 is 0 Å². The number of rotatable bonds is 6. The molecule has 1 aliphatic rings. The van der Waals surface area contributed by atoms with E-state index in [1.54, 1.807) is 6.08 Å². The van der Waals surface area contributed by atoms with Gasteiger partial charge in [0, 0.05) is 37.0 Å². The summed E-state index contributed by atoms with van der Waals surface area (Å²) in [4.78, 5) is 13.0. The maximum absolute atomic E-state index is 10.9. The highest BCUT2D eigenvalue weighted by atomic mass is 16.6. The lowest BCUT2D eigenvalue weighted by atomic mass is 10.1. The Kier molecular flexibility index (Phi) is 5.00. The molecule has 2 rings (SSSR count). The molecule has 0 radical (unpaired) electrons. The van der Waals surface area contributed by atoms with Crippen LogP contribution in [0.1, 0.15) is 12.0 Å². The van der Waals surface area contributed by atoms with Gasteiger partial charge >= 0.3 is 5.97 Å². The third kappa shape index (κ3) is 3.86. The van der Waals surface area contributed by atoms with Gasteiger partial charge in [-0.05, 0) is 18.6 Å². The van der Waals surface area contributed by atoms with Gasteiger partial charge in [-0.15, -0.1) is 0 Å². The van der Waals surface area contributed by atoms with Crippen molar-refractivity contribution in [2.45, 2.75) is 12.7 Å². The molecule has 0 bridgehead atoms. The molecule has 1 atom stereocenters. The molecule has 5 heteroatoms. The summed E-state index contributed by atoms with van der Waals surface area (Å²) in [6.45, 7) is 4.37. The summed E-state index contributed by atoms with van der Waals surface area (Å²) >= 11 is 0. The van der Waals surface area contributed by atoms with E-state index in [1.807, 2.05) is 36.2 Å². The standard InChI is InChI=1S/C16H19NO4/c1-3-15(18)20-10-6-9-17(2)13-11-16(19)21-14-8-5-4-7-12(13)14/h3-5,7-8,11,16,19H,1,6,9-10H2,2H3. The zero-order valence-electron chi connectivity index (χ0n) is 12.0. The van der Waals surface area contributed by atoms with Crippen LogP contribution in [0.3, 0.4) is 0 Å². The molecule has 0 spiro atoms. The van der Waals surface area contributed by atoms with Crippen molar-refractivity contribution >= 4 is 11.7 Å². The van der Waals surface area contributed by atoms with Crippen LogP contribution in [-0.4, -0.2) is 42.5 Å². The Hall–Kier alpha value is -2.27. The van der Waals surface area contributed by atoms with Crippen LogP contribution in [0, 0.1) is 0 Å². The van der Waals surface area contributed by atoms with Gasteiger partial charge in [-0.3, -0.25) is 0 Å². The summed E-state index contributed by atoms with van der Waals surface area (Å²) in [5.41, 5.74) is 1.84. The van der Waals surface area contributed by atoms with E-state index in [9.17, 15) is 9.90 Å². The van der Waals surface area contributed by atoms with Gasteiger partial charge < -0.3 is 19.5 Å². The molecule has 5 nitrogen and oxygen atoms in total. The lowest BCUT2D eigenvalue weighted by molar-refractivity contribution is -0.137. The molecule has 0 aromatic heterocycles. The molecule has 1 aliphatic heterocycles. The second kappa shape index (κ2) is 6.95. The molecule has 0 aliphatic carbocycles. The van der Waals surface area contributed by atoms with Crippen LogP contribution >= 0.6 is 0 Å². The van der Waals surface area contributed by atoms with E-state index in [0.717, 1.165) is 17.3 Å². The first-order chi connectivity index (χ1) is 10.1. The third-order valence-electron chi connectivity index (χ3n) is 3.17. The molecule has 21 heavy (non-hydrogen) atoms. The normalized spacial score (nSPS) is 16.3. The van der Waals surface area contributed by atoms with Gasteiger partial charge in [0.25, 0.3) is 0 Å². The number of esters is 1. The fourth-order valence-corrected chi connectivity index (χ4v) is 2.16. The number of nitrogens with zero attached hydrogens (tertiary/aromatic N) is 1. The zero-order valence-corrected chi connectivity index (χ0v) is 12.0. The Morgan fingerprint density at radius 1 is 1.52 bits per heavy atom. The Labute approximate surface area is 124 Å². The Morgan fingerprint density at radius 3 is 3.05 bits per heavy atom. The summed E-state index contributed by atoms with van der Waals surface area (Å²) in [6.07, 6.45) is 2.55. The minimum atomic E-state index is -0.948. The number of aliphatic hydroxyl groups is 1. The highest BCUT2D eigenvalue weighted by molar-refractivity contribution is 5.81. The van der Waals surface area contributed by atoms with Crippen LogP contribution in [0.2, 0.25) is 0 Å². The van der Waals surface area contributed by atoms with E-state index in [0.29, 0.717) is 25.3 Å². The molecule has 1 N–H and O–H groups in total. The molecular weight excluding hydrogens is 270 g/mol. The Bertz CT molecular complexity index is 553. The average Bonchev–Trinajstić information content (AvgIpc) is 2.50. The van der Waals surface area contributed by atoms with Crippen LogP contribution in [0.4, 0.5) is 0 Å². The average molecular weight is 289 g/mol. The van der Waals surface area contributed by atoms with Crippen molar-refractivity contribution < 1.29 is 19.4 Å².